The monoisotopic (exact) mass is 288 g/mol. The molecule has 1 rings (SSSR count). The molecule has 1 N–H and O–H groups in total. The number of furan rings is 1. The third-order valence-corrected chi connectivity index (χ3v) is 5.28. The van der Waals surface area contributed by atoms with Crippen LogP contribution in [-0.2, 0) is 16.6 Å². The standard InChI is InChI=1S/C13H24N2O3S/c1-4-8-14-10-12(3)19(16,17)15(5-2)11-13-7-6-9-18-13/h6-7,9,12,14H,4-5,8,10-11H2,1-3H3. The molecule has 0 radical (unpaired) electrons. The van der Waals surface area contributed by atoms with E-state index in [1.165, 1.54) is 4.31 Å². The van der Waals surface area contributed by atoms with Gasteiger partial charge in [-0.05, 0) is 32.0 Å². The van der Waals surface area contributed by atoms with Crippen LogP contribution in [0.1, 0.15) is 33.0 Å². The number of sulfonamides is 1. The highest BCUT2D eigenvalue weighted by atomic mass is 32.2. The minimum absolute atomic E-state index is 0.296. The number of nitrogens with zero attached hydrogens (tertiary/aromatic N) is 1. The Morgan fingerprint density at radius 3 is 2.68 bits per heavy atom. The van der Waals surface area contributed by atoms with Crippen LogP contribution in [0.5, 0.6) is 0 Å². The van der Waals surface area contributed by atoms with Crippen LogP contribution in [-0.4, -0.2) is 37.6 Å². The summed E-state index contributed by atoms with van der Waals surface area (Å²) in [7, 11) is -3.30. The molecular formula is C13H24N2O3S. The average Bonchev–Trinajstić information content (AvgIpc) is 2.88. The molecule has 1 heterocycles. The minimum Gasteiger partial charge on any atom is -0.468 e. The summed E-state index contributed by atoms with van der Waals surface area (Å²) in [6.45, 7) is 7.69. The van der Waals surface area contributed by atoms with E-state index in [1.54, 1.807) is 25.3 Å². The van der Waals surface area contributed by atoms with E-state index in [9.17, 15) is 8.42 Å². The lowest BCUT2D eigenvalue weighted by Crippen LogP contribution is -2.41. The second kappa shape index (κ2) is 7.67. The van der Waals surface area contributed by atoms with Gasteiger partial charge in [0.05, 0.1) is 18.1 Å². The number of nitrogens with one attached hydrogen (secondary N) is 1. The first kappa shape index (κ1) is 16.2. The molecule has 1 aromatic rings. The van der Waals surface area contributed by atoms with Crippen LogP contribution in [0, 0.1) is 0 Å². The average molecular weight is 288 g/mol. The second-order valence-corrected chi connectivity index (χ2v) is 6.92. The molecule has 0 bridgehead atoms. The van der Waals surface area contributed by atoms with E-state index in [1.807, 2.05) is 6.92 Å². The van der Waals surface area contributed by atoms with Crippen molar-refractivity contribution in [2.45, 2.75) is 39.0 Å². The van der Waals surface area contributed by atoms with Crippen molar-refractivity contribution in [1.82, 2.24) is 9.62 Å². The van der Waals surface area contributed by atoms with Gasteiger partial charge in [-0.2, -0.15) is 4.31 Å². The Balaban J connectivity index is 2.66. The van der Waals surface area contributed by atoms with Gasteiger partial charge in [0, 0.05) is 13.1 Å². The van der Waals surface area contributed by atoms with Gasteiger partial charge in [0.25, 0.3) is 0 Å². The first-order chi connectivity index (χ1) is 9.02. The van der Waals surface area contributed by atoms with Crippen LogP contribution >= 0.6 is 0 Å². The maximum absolute atomic E-state index is 12.4. The molecule has 0 aliphatic carbocycles. The highest BCUT2D eigenvalue weighted by molar-refractivity contribution is 7.89. The van der Waals surface area contributed by atoms with Gasteiger partial charge < -0.3 is 9.73 Å². The SMILES string of the molecule is CCCNCC(C)S(=O)(=O)N(CC)Cc1ccco1. The fourth-order valence-corrected chi connectivity index (χ4v) is 3.30. The quantitative estimate of drug-likeness (QED) is 0.704. The largest absolute Gasteiger partial charge is 0.468 e. The fraction of sp³-hybridized carbons (Fsp3) is 0.692. The van der Waals surface area contributed by atoms with E-state index in [-0.39, 0.29) is 0 Å². The van der Waals surface area contributed by atoms with E-state index in [4.69, 9.17) is 4.42 Å². The topological polar surface area (TPSA) is 62.6 Å². The van der Waals surface area contributed by atoms with Crippen LogP contribution < -0.4 is 5.32 Å². The van der Waals surface area contributed by atoms with Gasteiger partial charge in [0.2, 0.25) is 10.0 Å². The Labute approximate surface area is 116 Å². The van der Waals surface area contributed by atoms with Crippen LogP contribution in [0.2, 0.25) is 0 Å². The maximum atomic E-state index is 12.4. The molecule has 6 heteroatoms. The molecule has 0 aromatic carbocycles. The van der Waals surface area contributed by atoms with Crippen molar-refractivity contribution in [3.05, 3.63) is 24.2 Å². The lowest BCUT2D eigenvalue weighted by molar-refractivity contribution is 0.370. The third-order valence-electron chi connectivity index (χ3n) is 2.99. The van der Waals surface area contributed by atoms with E-state index in [0.717, 1.165) is 13.0 Å². The molecule has 0 saturated heterocycles. The summed E-state index contributed by atoms with van der Waals surface area (Å²) in [5.74, 6) is 0.666. The van der Waals surface area contributed by atoms with Crippen molar-refractivity contribution < 1.29 is 12.8 Å². The molecule has 0 fully saturated rings. The zero-order chi connectivity index (χ0) is 14.3. The second-order valence-electron chi connectivity index (χ2n) is 4.57. The summed E-state index contributed by atoms with van der Waals surface area (Å²) in [5.41, 5.74) is 0. The van der Waals surface area contributed by atoms with Gasteiger partial charge in [-0.15, -0.1) is 0 Å². The highest BCUT2D eigenvalue weighted by Crippen LogP contribution is 2.13. The van der Waals surface area contributed by atoms with Gasteiger partial charge in [-0.25, -0.2) is 8.42 Å². The molecule has 0 aliphatic heterocycles. The normalized spacial score (nSPS) is 13.9. The molecular weight excluding hydrogens is 264 g/mol. The molecule has 110 valence electrons. The molecule has 0 saturated carbocycles. The van der Waals surface area contributed by atoms with Crippen LogP contribution in [0.15, 0.2) is 22.8 Å². The number of hydrogen-bond acceptors (Lipinski definition) is 4. The van der Waals surface area contributed by atoms with Crippen molar-refractivity contribution in [2.24, 2.45) is 0 Å². The van der Waals surface area contributed by atoms with Crippen molar-refractivity contribution in [3.63, 3.8) is 0 Å². The van der Waals surface area contributed by atoms with Gasteiger partial charge in [0.1, 0.15) is 5.76 Å². The first-order valence-electron chi connectivity index (χ1n) is 6.74. The smallest absolute Gasteiger partial charge is 0.218 e. The minimum atomic E-state index is -3.30. The number of hydrogen-bond donors (Lipinski definition) is 1. The Kier molecular flexibility index (Phi) is 6.54. The zero-order valence-electron chi connectivity index (χ0n) is 11.9. The maximum Gasteiger partial charge on any atom is 0.218 e. The van der Waals surface area contributed by atoms with Crippen LogP contribution in [0.3, 0.4) is 0 Å². The molecule has 5 nitrogen and oxygen atoms in total. The molecule has 1 aromatic heterocycles. The van der Waals surface area contributed by atoms with E-state index in [0.29, 0.717) is 25.4 Å². The molecule has 0 aliphatic rings. The lowest BCUT2D eigenvalue weighted by atomic mass is 10.4. The Morgan fingerprint density at radius 1 is 1.42 bits per heavy atom. The zero-order valence-corrected chi connectivity index (χ0v) is 12.7. The van der Waals surface area contributed by atoms with E-state index >= 15 is 0 Å². The van der Waals surface area contributed by atoms with E-state index in [2.05, 4.69) is 12.2 Å². The van der Waals surface area contributed by atoms with E-state index < -0.39 is 15.3 Å². The Bertz CT molecular complexity index is 442. The fourth-order valence-electron chi connectivity index (χ4n) is 1.80. The Hall–Kier alpha value is -0.850. The lowest BCUT2D eigenvalue weighted by Gasteiger charge is -2.24. The summed E-state index contributed by atoms with van der Waals surface area (Å²) < 4.78 is 31.5. The van der Waals surface area contributed by atoms with Crippen LogP contribution in [0.4, 0.5) is 0 Å². The summed E-state index contributed by atoms with van der Waals surface area (Å²) in [5, 5.41) is 2.71. The molecule has 0 amide bonds. The van der Waals surface area contributed by atoms with Gasteiger partial charge in [-0.1, -0.05) is 13.8 Å². The van der Waals surface area contributed by atoms with Crippen molar-refractivity contribution in [2.75, 3.05) is 19.6 Å². The summed E-state index contributed by atoms with van der Waals surface area (Å²) in [6, 6.07) is 3.56. The van der Waals surface area contributed by atoms with Gasteiger partial charge >= 0.3 is 0 Å². The summed E-state index contributed by atoms with van der Waals surface area (Å²) in [6.07, 6.45) is 2.55. The molecule has 19 heavy (non-hydrogen) atoms. The molecule has 1 atom stereocenters. The first-order valence-corrected chi connectivity index (χ1v) is 8.24. The van der Waals surface area contributed by atoms with Crippen molar-refractivity contribution >= 4 is 10.0 Å². The van der Waals surface area contributed by atoms with Gasteiger partial charge in [0.15, 0.2) is 0 Å². The third kappa shape index (κ3) is 4.63. The predicted molar refractivity (Wildman–Crippen MR) is 76.3 cm³/mol. The Morgan fingerprint density at radius 2 is 2.16 bits per heavy atom. The summed E-state index contributed by atoms with van der Waals surface area (Å²) >= 11 is 0. The van der Waals surface area contributed by atoms with Crippen molar-refractivity contribution in [1.29, 1.82) is 0 Å². The summed E-state index contributed by atoms with van der Waals surface area (Å²) in [4.78, 5) is 0. The molecule has 0 spiro atoms. The molecule has 1 unspecified atom stereocenters. The number of rotatable bonds is 9. The van der Waals surface area contributed by atoms with Crippen LogP contribution in [0.25, 0.3) is 0 Å². The van der Waals surface area contributed by atoms with Gasteiger partial charge in [-0.3, -0.25) is 0 Å². The highest BCUT2D eigenvalue weighted by Gasteiger charge is 2.27. The van der Waals surface area contributed by atoms with Crippen molar-refractivity contribution in [3.8, 4) is 0 Å². The predicted octanol–water partition coefficient (Wildman–Crippen LogP) is 1.82.